The molecule has 3 rings (SSSR count). The number of carbonyl (C=O) groups excluding carboxylic acids is 1. The van der Waals surface area contributed by atoms with Crippen molar-refractivity contribution in [2.24, 2.45) is 0 Å². The quantitative estimate of drug-likeness (QED) is 0.864. The zero-order valence-corrected chi connectivity index (χ0v) is 13.0. The molecule has 0 aliphatic heterocycles. The molecule has 3 nitrogen and oxygen atoms in total. The number of hydrogen-bond acceptors (Lipinski definition) is 3. The van der Waals surface area contributed by atoms with E-state index >= 15 is 0 Å². The van der Waals surface area contributed by atoms with E-state index < -0.39 is 0 Å². The van der Waals surface area contributed by atoms with E-state index in [2.05, 4.69) is 5.32 Å². The molecule has 0 saturated heterocycles. The molecule has 1 saturated carbocycles. The maximum Gasteiger partial charge on any atom is 0.287 e. The van der Waals surface area contributed by atoms with Crippen LogP contribution in [0.3, 0.4) is 0 Å². The van der Waals surface area contributed by atoms with Crippen LogP contribution in [0, 0.1) is 0 Å². The first-order valence-electron chi connectivity index (χ1n) is 6.92. The molecule has 1 aliphatic rings. The number of furan rings is 1. The Morgan fingerprint density at radius 1 is 1.19 bits per heavy atom. The third-order valence-corrected chi connectivity index (χ3v) is 4.50. The molecule has 21 heavy (non-hydrogen) atoms. The van der Waals surface area contributed by atoms with Gasteiger partial charge >= 0.3 is 0 Å². The van der Waals surface area contributed by atoms with Gasteiger partial charge < -0.3 is 9.73 Å². The molecular formula is C16H16ClNO2S. The fraction of sp³-hybridized carbons (Fsp3) is 0.312. The van der Waals surface area contributed by atoms with E-state index in [0.717, 1.165) is 35.1 Å². The van der Waals surface area contributed by atoms with Crippen LogP contribution in [-0.2, 0) is 11.5 Å². The van der Waals surface area contributed by atoms with Gasteiger partial charge in [-0.25, -0.2) is 0 Å². The standard InChI is InChI=1S/C16H16ClNO2S/c17-12-3-1-11(2-4-12)9-21-10-14-7-8-15(20-14)16(19)18-13-5-6-13/h1-4,7-8,13H,5-6,9-10H2,(H,18,19). The molecule has 1 amide bonds. The number of rotatable bonds is 6. The van der Waals surface area contributed by atoms with Gasteiger partial charge in [0.1, 0.15) is 5.76 Å². The van der Waals surface area contributed by atoms with Crippen molar-refractivity contribution in [3.05, 3.63) is 58.5 Å². The lowest BCUT2D eigenvalue weighted by atomic mass is 10.2. The van der Waals surface area contributed by atoms with Gasteiger partial charge in [0.05, 0.1) is 5.75 Å². The van der Waals surface area contributed by atoms with Crippen LogP contribution in [0.4, 0.5) is 0 Å². The normalized spacial score (nSPS) is 14.1. The third kappa shape index (κ3) is 4.29. The Bertz CT molecular complexity index is 619. The van der Waals surface area contributed by atoms with E-state index in [1.807, 2.05) is 30.3 Å². The first-order valence-corrected chi connectivity index (χ1v) is 8.46. The molecule has 0 unspecified atom stereocenters. The number of halogens is 1. The summed E-state index contributed by atoms with van der Waals surface area (Å²) in [6.07, 6.45) is 2.16. The Hall–Kier alpha value is -1.39. The largest absolute Gasteiger partial charge is 0.455 e. The highest BCUT2D eigenvalue weighted by Crippen LogP contribution is 2.22. The molecule has 0 bridgehead atoms. The summed E-state index contributed by atoms with van der Waals surface area (Å²) < 4.78 is 5.58. The van der Waals surface area contributed by atoms with E-state index in [1.165, 1.54) is 5.56 Å². The maximum absolute atomic E-state index is 11.8. The number of amides is 1. The van der Waals surface area contributed by atoms with Crippen molar-refractivity contribution in [1.29, 1.82) is 0 Å². The summed E-state index contributed by atoms with van der Waals surface area (Å²) in [7, 11) is 0. The van der Waals surface area contributed by atoms with Gasteiger partial charge in [-0.05, 0) is 42.7 Å². The number of carbonyl (C=O) groups is 1. The molecule has 1 aromatic heterocycles. The van der Waals surface area contributed by atoms with Crippen molar-refractivity contribution < 1.29 is 9.21 Å². The van der Waals surface area contributed by atoms with Crippen molar-refractivity contribution in [3.63, 3.8) is 0 Å². The molecule has 1 heterocycles. The second-order valence-corrected chi connectivity index (χ2v) is 6.55. The number of nitrogens with one attached hydrogen (secondary N) is 1. The highest BCUT2D eigenvalue weighted by molar-refractivity contribution is 7.97. The average molecular weight is 322 g/mol. The van der Waals surface area contributed by atoms with E-state index in [9.17, 15) is 4.79 Å². The van der Waals surface area contributed by atoms with E-state index in [4.69, 9.17) is 16.0 Å². The molecule has 1 fully saturated rings. The smallest absolute Gasteiger partial charge is 0.287 e. The van der Waals surface area contributed by atoms with E-state index in [-0.39, 0.29) is 5.91 Å². The molecule has 0 radical (unpaired) electrons. The lowest BCUT2D eigenvalue weighted by molar-refractivity contribution is 0.0922. The van der Waals surface area contributed by atoms with Gasteiger partial charge in [0.15, 0.2) is 5.76 Å². The predicted octanol–water partition coefficient (Wildman–Crippen LogP) is 4.26. The Kier molecular flexibility index (Phi) is 4.56. The minimum absolute atomic E-state index is 0.105. The SMILES string of the molecule is O=C(NC1CC1)c1ccc(CSCc2ccc(Cl)cc2)o1. The molecule has 0 atom stereocenters. The Morgan fingerprint density at radius 3 is 2.67 bits per heavy atom. The zero-order chi connectivity index (χ0) is 14.7. The third-order valence-electron chi connectivity index (χ3n) is 3.22. The minimum atomic E-state index is -0.105. The lowest BCUT2D eigenvalue weighted by Crippen LogP contribution is -2.24. The fourth-order valence-electron chi connectivity index (χ4n) is 1.91. The van der Waals surface area contributed by atoms with Crippen LogP contribution in [-0.4, -0.2) is 11.9 Å². The zero-order valence-electron chi connectivity index (χ0n) is 11.5. The number of benzene rings is 1. The van der Waals surface area contributed by atoms with Gasteiger partial charge in [-0.15, -0.1) is 11.8 Å². The summed E-state index contributed by atoms with van der Waals surface area (Å²) in [6.45, 7) is 0. The second-order valence-electron chi connectivity index (χ2n) is 5.13. The molecule has 0 spiro atoms. The van der Waals surface area contributed by atoms with Gasteiger partial charge in [-0.2, -0.15) is 0 Å². The highest BCUT2D eigenvalue weighted by Gasteiger charge is 2.25. The van der Waals surface area contributed by atoms with Gasteiger partial charge in [-0.1, -0.05) is 23.7 Å². The van der Waals surface area contributed by atoms with Gasteiger partial charge in [0, 0.05) is 16.8 Å². The molecule has 1 aliphatic carbocycles. The van der Waals surface area contributed by atoms with Crippen molar-refractivity contribution in [1.82, 2.24) is 5.32 Å². The van der Waals surface area contributed by atoms with E-state index in [1.54, 1.807) is 17.8 Å². The summed E-state index contributed by atoms with van der Waals surface area (Å²) >= 11 is 7.60. The van der Waals surface area contributed by atoms with Crippen LogP contribution in [0.25, 0.3) is 0 Å². The van der Waals surface area contributed by atoms with Crippen LogP contribution in [0.5, 0.6) is 0 Å². The van der Waals surface area contributed by atoms with Crippen LogP contribution >= 0.6 is 23.4 Å². The van der Waals surface area contributed by atoms with Crippen molar-refractivity contribution in [3.8, 4) is 0 Å². The first-order chi connectivity index (χ1) is 10.2. The van der Waals surface area contributed by atoms with Crippen molar-refractivity contribution in [2.75, 3.05) is 0 Å². The molecule has 1 N–H and O–H groups in total. The van der Waals surface area contributed by atoms with Crippen LogP contribution in [0.2, 0.25) is 5.02 Å². The van der Waals surface area contributed by atoms with Gasteiger partial charge in [0.25, 0.3) is 5.91 Å². The Labute approximate surface area is 133 Å². The highest BCUT2D eigenvalue weighted by atomic mass is 35.5. The van der Waals surface area contributed by atoms with Crippen molar-refractivity contribution >= 4 is 29.3 Å². The Balaban J connectivity index is 1.47. The summed E-state index contributed by atoms with van der Waals surface area (Å²) in [5.41, 5.74) is 1.22. The van der Waals surface area contributed by atoms with E-state index in [0.29, 0.717) is 11.8 Å². The van der Waals surface area contributed by atoms with Gasteiger partial charge in [-0.3, -0.25) is 4.79 Å². The van der Waals surface area contributed by atoms with Crippen molar-refractivity contribution in [2.45, 2.75) is 30.4 Å². The molecular weight excluding hydrogens is 306 g/mol. The number of hydrogen-bond donors (Lipinski definition) is 1. The lowest BCUT2D eigenvalue weighted by Gasteiger charge is -2.01. The summed E-state index contributed by atoms with van der Waals surface area (Å²) in [4.78, 5) is 11.8. The second kappa shape index (κ2) is 6.58. The maximum atomic E-state index is 11.8. The summed E-state index contributed by atoms with van der Waals surface area (Å²) in [5, 5.41) is 3.67. The summed E-state index contributed by atoms with van der Waals surface area (Å²) in [5.74, 6) is 2.77. The first kappa shape index (κ1) is 14.5. The molecule has 5 heteroatoms. The predicted molar refractivity (Wildman–Crippen MR) is 85.6 cm³/mol. The monoisotopic (exact) mass is 321 g/mol. The number of thioether (sulfide) groups is 1. The molecule has 110 valence electrons. The minimum Gasteiger partial charge on any atom is -0.455 e. The topological polar surface area (TPSA) is 42.2 Å². The van der Waals surface area contributed by atoms with Crippen LogP contribution in [0.1, 0.15) is 34.7 Å². The molecule has 1 aromatic carbocycles. The molecule has 2 aromatic rings. The summed E-state index contributed by atoms with van der Waals surface area (Å²) in [6, 6.07) is 11.8. The van der Waals surface area contributed by atoms with Crippen LogP contribution < -0.4 is 5.32 Å². The average Bonchev–Trinajstić information content (AvgIpc) is 3.16. The van der Waals surface area contributed by atoms with Crippen LogP contribution in [0.15, 0.2) is 40.8 Å². The Morgan fingerprint density at radius 2 is 1.95 bits per heavy atom. The van der Waals surface area contributed by atoms with Gasteiger partial charge in [0.2, 0.25) is 0 Å². The fourth-order valence-corrected chi connectivity index (χ4v) is 2.92.